The van der Waals surface area contributed by atoms with Gasteiger partial charge >= 0.3 is 0 Å². The highest BCUT2D eigenvalue weighted by atomic mass is 16.5. The summed E-state index contributed by atoms with van der Waals surface area (Å²) in [5.74, 6) is 0.527. The fourth-order valence-electron chi connectivity index (χ4n) is 1.43. The average molecular weight is 283 g/mol. The zero-order chi connectivity index (χ0) is 14.6. The van der Waals surface area contributed by atoms with Crippen LogP contribution in [-0.2, 0) is 16.0 Å². The first-order chi connectivity index (χ1) is 9.72. The maximum Gasteiger partial charge on any atom is 0.232 e. The average Bonchev–Trinajstić information content (AvgIpc) is 2.45. The Labute approximate surface area is 120 Å². The number of hydrogen-bond acceptors (Lipinski definition) is 6. The van der Waals surface area contributed by atoms with E-state index in [9.17, 15) is 0 Å². The second kappa shape index (κ2) is 10.5. The molecule has 0 saturated carbocycles. The van der Waals surface area contributed by atoms with Crippen LogP contribution < -0.4 is 10.1 Å². The summed E-state index contributed by atoms with van der Waals surface area (Å²) in [7, 11) is 1.68. The van der Waals surface area contributed by atoms with E-state index in [1.165, 1.54) is 0 Å². The van der Waals surface area contributed by atoms with Gasteiger partial charge in [0.25, 0.3) is 0 Å². The Kier molecular flexibility index (Phi) is 8.86. The highest BCUT2D eigenvalue weighted by molar-refractivity contribution is 5.07. The number of aromatic nitrogens is 2. The molecule has 0 saturated heterocycles. The van der Waals surface area contributed by atoms with Gasteiger partial charge in [0, 0.05) is 32.9 Å². The molecule has 6 heteroatoms. The highest BCUT2D eigenvalue weighted by Gasteiger charge is 2.00. The Morgan fingerprint density at radius 1 is 1.10 bits per heavy atom. The monoisotopic (exact) mass is 283 g/mol. The molecule has 0 bridgehead atoms. The standard InChI is InChI=1S/C14H25N3O3/c1-12(2)15-9-13-10-17-14(11-16-13)20-8-7-19-6-4-5-18-3/h10-12,15H,4-9H2,1-3H3. The van der Waals surface area contributed by atoms with Gasteiger partial charge in [0.2, 0.25) is 5.88 Å². The van der Waals surface area contributed by atoms with Crippen molar-refractivity contribution in [3.05, 3.63) is 18.1 Å². The quantitative estimate of drug-likeness (QED) is 0.619. The van der Waals surface area contributed by atoms with Crippen LogP contribution in [0.5, 0.6) is 5.88 Å². The minimum Gasteiger partial charge on any atom is -0.474 e. The number of ether oxygens (including phenoxy) is 3. The summed E-state index contributed by atoms with van der Waals surface area (Å²) in [5, 5.41) is 3.28. The molecule has 0 aliphatic carbocycles. The number of rotatable bonds is 11. The SMILES string of the molecule is COCCCOCCOc1cnc(CNC(C)C)cn1. The molecule has 20 heavy (non-hydrogen) atoms. The molecule has 1 aromatic heterocycles. The first kappa shape index (κ1) is 16.8. The molecule has 0 aliphatic rings. The van der Waals surface area contributed by atoms with Crippen LogP contribution >= 0.6 is 0 Å². The zero-order valence-electron chi connectivity index (χ0n) is 12.6. The van der Waals surface area contributed by atoms with Gasteiger partial charge in [0.1, 0.15) is 6.61 Å². The predicted octanol–water partition coefficient (Wildman–Crippen LogP) is 1.41. The van der Waals surface area contributed by atoms with Crippen molar-refractivity contribution < 1.29 is 14.2 Å². The van der Waals surface area contributed by atoms with Crippen LogP contribution in [0.3, 0.4) is 0 Å². The Morgan fingerprint density at radius 2 is 1.95 bits per heavy atom. The van der Waals surface area contributed by atoms with Gasteiger partial charge in [0.05, 0.1) is 24.7 Å². The van der Waals surface area contributed by atoms with Crippen LogP contribution in [0.15, 0.2) is 12.4 Å². The molecule has 114 valence electrons. The van der Waals surface area contributed by atoms with Crippen molar-refractivity contribution in [3.8, 4) is 5.88 Å². The van der Waals surface area contributed by atoms with Gasteiger partial charge in [-0.2, -0.15) is 0 Å². The van der Waals surface area contributed by atoms with E-state index in [0.717, 1.165) is 18.7 Å². The van der Waals surface area contributed by atoms with E-state index in [4.69, 9.17) is 14.2 Å². The van der Waals surface area contributed by atoms with Crippen molar-refractivity contribution in [3.63, 3.8) is 0 Å². The van der Waals surface area contributed by atoms with Crippen molar-refractivity contribution in [2.24, 2.45) is 0 Å². The van der Waals surface area contributed by atoms with Gasteiger partial charge in [0.15, 0.2) is 0 Å². The van der Waals surface area contributed by atoms with E-state index in [1.807, 2.05) is 0 Å². The van der Waals surface area contributed by atoms with Gasteiger partial charge in [-0.3, -0.25) is 4.98 Å². The Hall–Kier alpha value is -1.24. The van der Waals surface area contributed by atoms with Crippen LogP contribution in [0.1, 0.15) is 26.0 Å². The lowest BCUT2D eigenvalue weighted by Crippen LogP contribution is -2.22. The summed E-state index contributed by atoms with van der Waals surface area (Å²) in [6.45, 7) is 7.33. The van der Waals surface area contributed by atoms with Gasteiger partial charge < -0.3 is 19.5 Å². The Balaban J connectivity index is 2.12. The number of nitrogens with zero attached hydrogens (tertiary/aromatic N) is 2. The van der Waals surface area contributed by atoms with Crippen molar-refractivity contribution >= 4 is 0 Å². The molecule has 0 atom stereocenters. The van der Waals surface area contributed by atoms with Crippen LogP contribution in [0.25, 0.3) is 0 Å². The van der Waals surface area contributed by atoms with E-state index in [0.29, 0.717) is 38.3 Å². The van der Waals surface area contributed by atoms with Crippen LogP contribution in [-0.4, -0.2) is 49.5 Å². The van der Waals surface area contributed by atoms with E-state index in [-0.39, 0.29) is 0 Å². The van der Waals surface area contributed by atoms with Gasteiger partial charge in [-0.25, -0.2) is 4.98 Å². The van der Waals surface area contributed by atoms with Gasteiger partial charge in [-0.05, 0) is 6.42 Å². The molecule has 1 aromatic rings. The molecular formula is C14H25N3O3. The Bertz CT molecular complexity index is 344. The number of nitrogens with one attached hydrogen (secondary N) is 1. The minimum absolute atomic E-state index is 0.433. The molecule has 1 rings (SSSR count). The lowest BCUT2D eigenvalue weighted by molar-refractivity contribution is 0.0794. The summed E-state index contributed by atoms with van der Waals surface area (Å²) in [4.78, 5) is 8.49. The molecule has 0 amide bonds. The van der Waals surface area contributed by atoms with E-state index >= 15 is 0 Å². The summed E-state index contributed by atoms with van der Waals surface area (Å²) in [6.07, 6.45) is 4.26. The van der Waals surface area contributed by atoms with E-state index in [2.05, 4.69) is 29.1 Å². The van der Waals surface area contributed by atoms with Crippen LogP contribution in [0.2, 0.25) is 0 Å². The largest absolute Gasteiger partial charge is 0.474 e. The molecule has 0 spiro atoms. The summed E-state index contributed by atoms with van der Waals surface area (Å²) in [6, 6.07) is 0.433. The third-order valence-corrected chi connectivity index (χ3v) is 2.49. The highest BCUT2D eigenvalue weighted by Crippen LogP contribution is 2.04. The van der Waals surface area contributed by atoms with Crippen LogP contribution in [0.4, 0.5) is 0 Å². The van der Waals surface area contributed by atoms with Gasteiger partial charge in [-0.1, -0.05) is 13.8 Å². The predicted molar refractivity (Wildman–Crippen MR) is 76.8 cm³/mol. The smallest absolute Gasteiger partial charge is 0.232 e. The normalized spacial score (nSPS) is 11.0. The fourth-order valence-corrected chi connectivity index (χ4v) is 1.43. The zero-order valence-corrected chi connectivity index (χ0v) is 12.6. The first-order valence-corrected chi connectivity index (χ1v) is 6.96. The topological polar surface area (TPSA) is 65.5 Å². The molecule has 1 heterocycles. The lowest BCUT2D eigenvalue weighted by atomic mass is 10.3. The summed E-state index contributed by atoms with van der Waals surface area (Å²) >= 11 is 0. The fraction of sp³-hybridized carbons (Fsp3) is 0.714. The minimum atomic E-state index is 0.433. The second-order valence-corrected chi connectivity index (χ2v) is 4.69. The number of hydrogen-bond donors (Lipinski definition) is 1. The van der Waals surface area contributed by atoms with Crippen molar-refractivity contribution in [2.45, 2.75) is 32.9 Å². The van der Waals surface area contributed by atoms with Crippen molar-refractivity contribution in [2.75, 3.05) is 33.5 Å². The Morgan fingerprint density at radius 3 is 2.60 bits per heavy atom. The molecule has 0 fully saturated rings. The maximum atomic E-state index is 5.44. The lowest BCUT2D eigenvalue weighted by Gasteiger charge is -2.08. The third-order valence-electron chi connectivity index (χ3n) is 2.49. The molecule has 0 radical (unpaired) electrons. The molecular weight excluding hydrogens is 258 g/mol. The van der Waals surface area contributed by atoms with E-state index < -0.39 is 0 Å². The molecule has 1 N–H and O–H groups in total. The van der Waals surface area contributed by atoms with Crippen molar-refractivity contribution in [1.29, 1.82) is 0 Å². The van der Waals surface area contributed by atoms with Crippen LogP contribution in [0, 0.1) is 0 Å². The molecule has 0 aliphatic heterocycles. The summed E-state index contributed by atoms with van der Waals surface area (Å²) < 4.78 is 15.8. The number of methoxy groups -OCH3 is 1. The third kappa shape index (κ3) is 8.04. The second-order valence-electron chi connectivity index (χ2n) is 4.69. The maximum absolute atomic E-state index is 5.44. The summed E-state index contributed by atoms with van der Waals surface area (Å²) in [5.41, 5.74) is 0.905. The molecule has 6 nitrogen and oxygen atoms in total. The van der Waals surface area contributed by atoms with E-state index in [1.54, 1.807) is 19.5 Å². The van der Waals surface area contributed by atoms with Gasteiger partial charge in [-0.15, -0.1) is 0 Å². The molecule has 0 unspecified atom stereocenters. The molecule has 0 aromatic carbocycles. The first-order valence-electron chi connectivity index (χ1n) is 6.96. The van der Waals surface area contributed by atoms with Crippen molar-refractivity contribution in [1.82, 2.24) is 15.3 Å².